The van der Waals surface area contributed by atoms with Crippen molar-refractivity contribution in [2.75, 3.05) is 44.3 Å². The Labute approximate surface area is 172 Å². The first-order chi connectivity index (χ1) is 14.2. The lowest BCUT2D eigenvalue weighted by molar-refractivity contribution is 0.0524. The number of nitrogens with one attached hydrogen (secondary N) is 1. The van der Waals surface area contributed by atoms with Crippen molar-refractivity contribution in [2.24, 2.45) is 13.0 Å². The van der Waals surface area contributed by atoms with Crippen LogP contribution in [0.5, 0.6) is 0 Å². The summed E-state index contributed by atoms with van der Waals surface area (Å²) in [6, 6.07) is 10.4. The average Bonchev–Trinajstić information content (AvgIpc) is 3.03. The Morgan fingerprint density at radius 1 is 1.14 bits per heavy atom. The lowest BCUT2D eigenvalue weighted by Gasteiger charge is -2.32. The van der Waals surface area contributed by atoms with Gasteiger partial charge in [0.05, 0.1) is 6.04 Å². The van der Waals surface area contributed by atoms with Gasteiger partial charge in [-0.2, -0.15) is 0 Å². The lowest BCUT2D eigenvalue weighted by atomic mass is 9.91. The van der Waals surface area contributed by atoms with Crippen LogP contribution in [0.25, 0.3) is 0 Å². The van der Waals surface area contributed by atoms with E-state index in [-0.39, 0.29) is 12.1 Å². The van der Waals surface area contributed by atoms with Crippen LogP contribution < -0.4 is 10.2 Å². The number of carbonyl (C=O) groups excluding carboxylic acids is 1. The first-order valence-electron chi connectivity index (χ1n) is 10.6. The Morgan fingerprint density at radius 3 is 2.66 bits per heavy atom. The summed E-state index contributed by atoms with van der Waals surface area (Å²) in [4.78, 5) is 22.0. The molecule has 1 unspecified atom stereocenters. The number of anilines is 1. The molecule has 1 aromatic heterocycles. The number of aryl methyl sites for hydroxylation is 1. The van der Waals surface area contributed by atoms with E-state index in [0.717, 1.165) is 64.5 Å². The van der Waals surface area contributed by atoms with Gasteiger partial charge in [-0.25, -0.2) is 9.78 Å². The van der Waals surface area contributed by atoms with Gasteiger partial charge in [0.2, 0.25) is 0 Å². The molecule has 7 heteroatoms. The molecule has 156 valence electrons. The first-order valence-corrected chi connectivity index (χ1v) is 10.6. The third kappa shape index (κ3) is 4.72. The molecule has 0 bridgehead atoms. The highest BCUT2D eigenvalue weighted by Gasteiger charge is 2.31. The number of amides is 2. The molecule has 3 heterocycles. The third-order valence-corrected chi connectivity index (χ3v) is 6.06. The fraction of sp³-hybridized carbons (Fsp3) is 0.545. The van der Waals surface area contributed by atoms with Crippen molar-refractivity contribution in [3.63, 3.8) is 0 Å². The number of hydrogen-bond donors (Lipinski definition) is 1. The van der Waals surface area contributed by atoms with Crippen LogP contribution in [0.15, 0.2) is 42.7 Å². The molecule has 1 atom stereocenters. The molecule has 0 aliphatic carbocycles. The fourth-order valence-corrected chi connectivity index (χ4v) is 4.36. The molecule has 1 N–H and O–H groups in total. The number of carbonyl (C=O) groups is 1. The van der Waals surface area contributed by atoms with Crippen LogP contribution in [0.4, 0.5) is 10.5 Å². The minimum absolute atomic E-state index is 0.0133. The quantitative estimate of drug-likeness (QED) is 0.862. The van der Waals surface area contributed by atoms with Gasteiger partial charge >= 0.3 is 6.03 Å². The highest BCUT2D eigenvalue weighted by Crippen LogP contribution is 2.29. The molecule has 2 aliphatic heterocycles. The van der Waals surface area contributed by atoms with Gasteiger partial charge in [0.15, 0.2) is 0 Å². The van der Waals surface area contributed by atoms with Crippen LogP contribution in [0.2, 0.25) is 0 Å². The van der Waals surface area contributed by atoms with Crippen molar-refractivity contribution in [1.29, 1.82) is 0 Å². The standard InChI is InChI=1S/C22H31N5O2/c1-25-13-10-23-21(25)20(18-8-16-29-17-9-18)24-22(28)27-12-5-11-26(14-15-27)19-6-3-2-4-7-19/h2-4,6-7,10,13,18,20H,5,8-9,11-12,14-17H2,1H3,(H,24,28). The predicted octanol–water partition coefficient (Wildman–Crippen LogP) is 2.81. The zero-order valence-electron chi connectivity index (χ0n) is 17.2. The van der Waals surface area contributed by atoms with E-state index >= 15 is 0 Å². The highest BCUT2D eigenvalue weighted by atomic mass is 16.5. The number of ether oxygens (including phenoxy) is 1. The Bertz CT molecular complexity index is 788. The molecule has 7 nitrogen and oxygen atoms in total. The average molecular weight is 398 g/mol. The number of imidazole rings is 1. The summed E-state index contributed by atoms with van der Waals surface area (Å²) in [5, 5.41) is 3.31. The van der Waals surface area contributed by atoms with Gasteiger partial charge in [0, 0.05) is 64.5 Å². The van der Waals surface area contributed by atoms with E-state index in [1.165, 1.54) is 5.69 Å². The maximum absolute atomic E-state index is 13.2. The zero-order valence-corrected chi connectivity index (χ0v) is 17.2. The van der Waals surface area contributed by atoms with Gasteiger partial charge in [-0.05, 0) is 37.3 Å². The normalized spacial score (nSPS) is 19.6. The van der Waals surface area contributed by atoms with E-state index in [2.05, 4.69) is 39.5 Å². The molecule has 0 radical (unpaired) electrons. The molecule has 0 spiro atoms. The molecule has 4 rings (SSSR count). The van der Waals surface area contributed by atoms with Gasteiger partial charge in [0.1, 0.15) is 5.82 Å². The van der Waals surface area contributed by atoms with Gasteiger partial charge in [-0.3, -0.25) is 0 Å². The van der Waals surface area contributed by atoms with Crippen LogP contribution in [0.1, 0.15) is 31.1 Å². The molecular weight excluding hydrogens is 366 g/mol. The molecule has 1 aromatic carbocycles. The maximum atomic E-state index is 13.2. The van der Waals surface area contributed by atoms with Gasteiger partial charge in [0.25, 0.3) is 0 Å². The van der Waals surface area contributed by atoms with Crippen LogP contribution >= 0.6 is 0 Å². The summed E-state index contributed by atoms with van der Waals surface area (Å²) in [7, 11) is 1.99. The van der Waals surface area contributed by atoms with E-state index < -0.39 is 0 Å². The monoisotopic (exact) mass is 397 g/mol. The molecule has 29 heavy (non-hydrogen) atoms. The summed E-state index contributed by atoms with van der Waals surface area (Å²) in [5.74, 6) is 1.27. The SMILES string of the molecule is Cn1ccnc1C(NC(=O)N1CCCN(c2ccccc2)CC1)C1CCOCC1. The zero-order chi connectivity index (χ0) is 20.1. The van der Waals surface area contributed by atoms with E-state index in [0.29, 0.717) is 5.92 Å². The van der Waals surface area contributed by atoms with Gasteiger partial charge < -0.3 is 24.4 Å². The summed E-state index contributed by atoms with van der Waals surface area (Å²) in [6.07, 6.45) is 6.60. The number of benzene rings is 1. The summed E-state index contributed by atoms with van der Waals surface area (Å²) in [5.41, 5.74) is 1.22. The van der Waals surface area contributed by atoms with E-state index in [4.69, 9.17) is 4.74 Å². The van der Waals surface area contributed by atoms with Crippen LogP contribution in [0.3, 0.4) is 0 Å². The largest absolute Gasteiger partial charge is 0.381 e. The molecule has 2 fully saturated rings. The third-order valence-electron chi connectivity index (χ3n) is 6.06. The number of nitrogens with zero attached hydrogens (tertiary/aromatic N) is 4. The lowest BCUT2D eigenvalue weighted by Crippen LogP contribution is -2.46. The van der Waals surface area contributed by atoms with Crippen molar-refractivity contribution in [2.45, 2.75) is 25.3 Å². The van der Waals surface area contributed by atoms with Gasteiger partial charge in [-0.15, -0.1) is 0 Å². The Morgan fingerprint density at radius 2 is 1.93 bits per heavy atom. The van der Waals surface area contributed by atoms with E-state index in [1.807, 2.05) is 28.8 Å². The maximum Gasteiger partial charge on any atom is 0.318 e. The second-order valence-corrected chi connectivity index (χ2v) is 7.94. The molecule has 2 saturated heterocycles. The van der Waals surface area contributed by atoms with Crippen LogP contribution in [-0.4, -0.2) is 59.9 Å². The van der Waals surface area contributed by atoms with Crippen molar-refractivity contribution in [3.8, 4) is 0 Å². The van der Waals surface area contributed by atoms with E-state index in [9.17, 15) is 4.79 Å². The molecule has 2 amide bonds. The van der Waals surface area contributed by atoms with Crippen molar-refractivity contribution in [1.82, 2.24) is 19.8 Å². The molecule has 0 saturated carbocycles. The van der Waals surface area contributed by atoms with Crippen LogP contribution in [-0.2, 0) is 11.8 Å². The van der Waals surface area contributed by atoms with Crippen molar-refractivity contribution in [3.05, 3.63) is 48.5 Å². The minimum atomic E-state index is -0.0834. The molecule has 2 aliphatic rings. The van der Waals surface area contributed by atoms with Crippen molar-refractivity contribution < 1.29 is 9.53 Å². The first kappa shape index (κ1) is 19.8. The Hall–Kier alpha value is -2.54. The second-order valence-electron chi connectivity index (χ2n) is 7.94. The summed E-state index contributed by atoms with van der Waals surface area (Å²) in [6.45, 7) is 4.81. The van der Waals surface area contributed by atoms with Crippen molar-refractivity contribution >= 4 is 11.7 Å². The van der Waals surface area contributed by atoms with Crippen LogP contribution in [0, 0.1) is 5.92 Å². The second kappa shape index (κ2) is 9.31. The topological polar surface area (TPSA) is 62.6 Å². The smallest absolute Gasteiger partial charge is 0.318 e. The molecule has 2 aromatic rings. The Kier molecular flexibility index (Phi) is 6.34. The minimum Gasteiger partial charge on any atom is -0.381 e. The predicted molar refractivity (Wildman–Crippen MR) is 113 cm³/mol. The fourth-order valence-electron chi connectivity index (χ4n) is 4.36. The number of urea groups is 1. The number of hydrogen-bond acceptors (Lipinski definition) is 4. The summed E-state index contributed by atoms with van der Waals surface area (Å²) >= 11 is 0. The number of para-hydroxylation sites is 1. The Balaban J connectivity index is 1.42. The van der Waals surface area contributed by atoms with E-state index in [1.54, 1.807) is 6.20 Å². The summed E-state index contributed by atoms with van der Waals surface area (Å²) < 4.78 is 7.55. The highest BCUT2D eigenvalue weighted by molar-refractivity contribution is 5.74. The number of aromatic nitrogens is 2. The molecular formula is C22H31N5O2. The van der Waals surface area contributed by atoms with Gasteiger partial charge in [-0.1, -0.05) is 18.2 Å². The number of rotatable bonds is 4.